The van der Waals surface area contributed by atoms with E-state index >= 15 is 0 Å². The highest BCUT2D eigenvalue weighted by Crippen LogP contribution is 2.53. The van der Waals surface area contributed by atoms with Gasteiger partial charge in [-0.1, -0.05) is 16.7 Å². The Bertz CT molecular complexity index is 990. The van der Waals surface area contributed by atoms with Crippen LogP contribution in [-0.4, -0.2) is 46.0 Å². The zero-order valence-corrected chi connectivity index (χ0v) is 16.9. The van der Waals surface area contributed by atoms with Gasteiger partial charge in [-0.2, -0.15) is 0 Å². The second-order valence-corrected chi connectivity index (χ2v) is 8.68. The minimum absolute atomic E-state index is 0.0416. The first-order valence-corrected chi connectivity index (χ1v) is 10.3. The summed E-state index contributed by atoms with van der Waals surface area (Å²) in [7, 11) is 0. The van der Waals surface area contributed by atoms with Crippen molar-refractivity contribution in [3.63, 3.8) is 0 Å². The van der Waals surface area contributed by atoms with Gasteiger partial charge in [-0.15, -0.1) is 5.10 Å². The Hall–Kier alpha value is -2.61. The Morgan fingerprint density at radius 3 is 2.76 bits per heavy atom. The van der Waals surface area contributed by atoms with Crippen molar-refractivity contribution in [2.24, 2.45) is 5.41 Å². The maximum Gasteiger partial charge on any atom is 0.316 e. The first-order chi connectivity index (χ1) is 13.9. The fourth-order valence-electron chi connectivity index (χ4n) is 4.25. The first kappa shape index (κ1) is 18.4. The minimum atomic E-state index is -0.466. The highest BCUT2D eigenvalue weighted by molar-refractivity contribution is 6.32. The lowest BCUT2D eigenvalue weighted by atomic mass is 9.93. The molecule has 1 spiro atoms. The average molecular weight is 416 g/mol. The van der Waals surface area contributed by atoms with E-state index in [2.05, 4.69) is 20.8 Å². The Morgan fingerprint density at radius 1 is 1.28 bits per heavy atom. The number of hydrogen-bond donors (Lipinski definition) is 2. The fourth-order valence-corrected chi connectivity index (χ4v) is 4.47. The Labute approximate surface area is 173 Å². The summed E-state index contributed by atoms with van der Waals surface area (Å²) in [6.07, 6.45) is 5.04. The molecule has 1 aromatic heterocycles. The van der Waals surface area contributed by atoms with E-state index < -0.39 is 6.04 Å². The number of amides is 2. The van der Waals surface area contributed by atoms with E-state index in [0.717, 1.165) is 31.5 Å². The Balaban J connectivity index is 1.28. The van der Waals surface area contributed by atoms with Crippen molar-refractivity contribution in [2.45, 2.75) is 45.1 Å². The molecule has 1 saturated carbocycles. The molecule has 1 atom stereocenters. The highest BCUT2D eigenvalue weighted by Gasteiger charge is 2.45. The van der Waals surface area contributed by atoms with E-state index in [4.69, 9.17) is 16.0 Å². The van der Waals surface area contributed by atoms with Crippen molar-refractivity contribution in [1.82, 2.24) is 15.1 Å². The lowest BCUT2D eigenvalue weighted by Crippen LogP contribution is -2.45. The van der Waals surface area contributed by atoms with Crippen LogP contribution in [0.15, 0.2) is 16.5 Å². The molecule has 2 amide bonds. The van der Waals surface area contributed by atoms with Crippen LogP contribution >= 0.6 is 11.6 Å². The van der Waals surface area contributed by atoms with Gasteiger partial charge < -0.3 is 20.0 Å². The molecule has 1 saturated heterocycles. The molecular formula is C20H22ClN5O3. The number of carbonyl (C=O) groups is 2. The number of aromatic nitrogens is 2. The maximum absolute atomic E-state index is 12.7. The van der Waals surface area contributed by atoms with Crippen molar-refractivity contribution in [1.29, 1.82) is 0 Å². The number of piperidine rings is 1. The second-order valence-electron chi connectivity index (χ2n) is 8.28. The molecule has 2 N–H and O–H groups in total. The highest BCUT2D eigenvalue weighted by atomic mass is 35.5. The smallest absolute Gasteiger partial charge is 0.316 e. The molecule has 0 radical (unpaired) electrons. The van der Waals surface area contributed by atoms with Crippen LogP contribution in [0.3, 0.4) is 0 Å². The zero-order chi connectivity index (χ0) is 20.2. The predicted octanol–water partition coefficient (Wildman–Crippen LogP) is 3.09. The molecule has 29 heavy (non-hydrogen) atoms. The predicted molar refractivity (Wildman–Crippen MR) is 108 cm³/mol. The fraction of sp³-hybridized carbons (Fsp3) is 0.500. The van der Waals surface area contributed by atoms with Crippen LogP contribution in [0.25, 0.3) is 11.5 Å². The molecule has 1 aliphatic carbocycles. The second kappa shape index (κ2) is 6.73. The molecule has 8 nitrogen and oxygen atoms in total. The summed E-state index contributed by atoms with van der Waals surface area (Å²) in [5.74, 6) is 0.178. The number of hydrogen-bond acceptors (Lipinski definition) is 6. The van der Waals surface area contributed by atoms with Crippen molar-refractivity contribution < 1.29 is 14.0 Å². The molecule has 1 aromatic carbocycles. The van der Waals surface area contributed by atoms with Gasteiger partial charge in [0.05, 0.1) is 17.7 Å². The largest absolute Gasteiger partial charge is 0.403 e. The van der Waals surface area contributed by atoms with E-state index in [0.29, 0.717) is 21.7 Å². The van der Waals surface area contributed by atoms with E-state index in [1.807, 2.05) is 4.90 Å². The van der Waals surface area contributed by atoms with Gasteiger partial charge in [-0.25, -0.2) is 0 Å². The van der Waals surface area contributed by atoms with Gasteiger partial charge in [0, 0.05) is 23.7 Å². The van der Waals surface area contributed by atoms with Crippen molar-refractivity contribution in [2.75, 3.05) is 23.7 Å². The van der Waals surface area contributed by atoms with Crippen LogP contribution in [0, 0.1) is 5.41 Å². The van der Waals surface area contributed by atoms with Crippen molar-refractivity contribution in [3.8, 4) is 11.5 Å². The van der Waals surface area contributed by atoms with Crippen LogP contribution in [-0.2, 0) is 16.0 Å². The van der Waals surface area contributed by atoms with Crippen LogP contribution < -0.4 is 10.6 Å². The van der Waals surface area contributed by atoms with E-state index in [-0.39, 0.29) is 30.1 Å². The normalized spacial score (nSPS) is 20.3. The molecule has 152 valence electrons. The third-order valence-electron chi connectivity index (χ3n) is 6.32. The van der Waals surface area contributed by atoms with E-state index in [9.17, 15) is 9.59 Å². The number of likely N-dealkylation sites (tertiary alicyclic amines) is 1. The molecule has 0 unspecified atom stereocenters. The quantitative estimate of drug-likeness (QED) is 0.795. The molecule has 9 heteroatoms. The van der Waals surface area contributed by atoms with Gasteiger partial charge >= 0.3 is 6.01 Å². The number of anilines is 2. The Kier molecular flexibility index (Phi) is 4.27. The van der Waals surface area contributed by atoms with Gasteiger partial charge in [0.1, 0.15) is 6.04 Å². The lowest BCUT2D eigenvalue weighted by molar-refractivity contribution is -0.133. The molecule has 2 aliphatic heterocycles. The molecule has 0 bridgehead atoms. The van der Waals surface area contributed by atoms with Crippen LogP contribution in [0.1, 0.15) is 38.2 Å². The summed E-state index contributed by atoms with van der Waals surface area (Å²) in [4.78, 5) is 26.4. The molecule has 5 rings (SSSR count). The average Bonchev–Trinajstić information content (AvgIpc) is 3.11. The Morgan fingerprint density at radius 2 is 2.03 bits per heavy atom. The van der Waals surface area contributed by atoms with Crippen LogP contribution in [0.4, 0.5) is 11.7 Å². The third-order valence-corrected chi connectivity index (χ3v) is 6.67. The summed E-state index contributed by atoms with van der Waals surface area (Å²) in [5, 5.41) is 14.4. The molecular weight excluding hydrogens is 394 g/mol. The molecule has 2 aromatic rings. The summed E-state index contributed by atoms with van der Waals surface area (Å²) in [6.45, 7) is 3.43. The molecule has 3 heterocycles. The lowest BCUT2D eigenvalue weighted by Gasteiger charge is -2.33. The van der Waals surface area contributed by atoms with Gasteiger partial charge in [0.2, 0.25) is 11.8 Å². The summed E-state index contributed by atoms with van der Waals surface area (Å²) >= 11 is 6.19. The van der Waals surface area contributed by atoms with Crippen LogP contribution in [0.5, 0.6) is 0 Å². The SMILES string of the molecule is C[C@H](Nc1nnc(-c2ccc(Cl)c3c2NC(=O)C3)o1)C(=O)N1CCC2(CC1)CC2. The number of fused-ring (bicyclic) bond motifs is 1. The number of nitrogens with zero attached hydrogens (tertiary/aromatic N) is 3. The van der Waals surface area contributed by atoms with Crippen molar-refractivity contribution >= 4 is 35.1 Å². The maximum atomic E-state index is 12.7. The van der Waals surface area contributed by atoms with Crippen molar-refractivity contribution in [3.05, 3.63) is 22.7 Å². The van der Waals surface area contributed by atoms with Crippen LogP contribution in [0.2, 0.25) is 5.02 Å². The summed E-state index contributed by atoms with van der Waals surface area (Å²) in [5.41, 5.74) is 2.47. The third kappa shape index (κ3) is 3.35. The number of benzene rings is 1. The van der Waals surface area contributed by atoms with Gasteiger partial charge in [0.15, 0.2) is 0 Å². The summed E-state index contributed by atoms with van der Waals surface area (Å²) < 4.78 is 5.72. The monoisotopic (exact) mass is 415 g/mol. The topological polar surface area (TPSA) is 100 Å². The first-order valence-electron chi connectivity index (χ1n) is 9.95. The zero-order valence-electron chi connectivity index (χ0n) is 16.1. The van der Waals surface area contributed by atoms with E-state index in [1.54, 1.807) is 19.1 Å². The number of rotatable bonds is 4. The van der Waals surface area contributed by atoms with Gasteiger partial charge in [-0.3, -0.25) is 9.59 Å². The molecule has 2 fully saturated rings. The van der Waals surface area contributed by atoms with Gasteiger partial charge in [0.25, 0.3) is 5.89 Å². The van der Waals surface area contributed by atoms with Gasteiger partial charge in [-0.05, 0) is 50.2 Å². The number of carbonyl (C=O) groups excluding carboxylic acids is 2. The minimum Gasteiger partial charge on any atom is -0.403 e. The number of halogens is 1. The van der Waals surface area contributed by atoms with E-state index in [1.165, 1.54) is 12.8 Å². The number of nitrogens with one attached hydrogen (secondary N) is 2. The molecule has 3 aliphatic rings. The summed E-state index contributed by atoms with van der Waals surface area (Å²) in [6, 6.07) is 3.15. The standard InChI is InChI=1S/C20H22ClN5O3/c1-11(18(28)26-8-6-20(4-5-20)7-9-26)22-19-25-24-17(29-19)12-2-3-14(21)13-10-15(27)23-16(12)13/h2-3,11H,4-10H2,1H3,(H,22,25)(H,23,27)/t11-/m0/s1.